The Morgan fingerprint density at radius 3 is 2.37 bits per heavy atom. The van der Waals surface area contributed by atoms with Crippen LogP contribution >= 0.6 is 23.2 Å². The highest BCUT2D eigenvalue weighted by Crippen LogP contribution is 2.50. The van der Waals surface area contributed by atoms with Crippen LogP contribution in [0.5, 0.6) is 5.75 Å². The highest BCUT2D eigenvalue weighted by molar-refractivity contribution is 6.31. The lowest BCUT2D eigenvalue weighted by molar-refractivity contribution is -0.274. The van der Waals surface area contributed by atoms with Gasteiger partial charge in [0.1, 0.15) is 11.8 Å². The summed E-state index contributed by atoms with van der Waals surface area (Å²) in [4.78, 5) is 18.3. The number of nitrogens with zero attached hydrogens (tertiary/aromatic N) is 3. The van der Waals surface area contributed by atoms with Crippen molar-refractivity contribution in [3.8, 4) is 5.75 Å². The van der Waals surface area contributed by atoms with Gasteiger partial charge in [0.05, 0.1) is 11.4 Å². The fourth-order valence-corrected chi connectivity index (χ4v) is 4.99. The molecule has 3 aromatic carbocycles. The number of carbonyl (C=O) groups excluding carboxylic acids is 1. The van der Waals surface area contributed by atoms with E-state index in [1.807, 2.05) is 4.90 Å². The van der Waals surface area contributed by atoms with Crippen LogP contribution in [0.15, 0.2) is 66.7 Å². The van der Waals surface area contributed by atoms with Gasteiger partial charge in [-0.1, -0.05) is 35.3 Å². The molecule has 2 atom stereocenters. The average Bonchev–Trinajstić information content (AvgIpc) is 3.01. The monoisotopic (exact) mass is 523 g/mol. The van der Waals surface area contributed by atoms with E-state index < -0.39 is 29.9 Å². The number of carbonyl (C=O) groups is 1. The molecule has 6 nitrogen and oxygen atoms in total. The first-order valence-corrected chi connectivity index (χ1v) is 11.2. The van der Waals surface area contributed by atoms with Gasteiger partial charge >= 0.3 is 12.4 Å². The third-order valence-electron chi connectivity index (χ3n) is 6.15. The van der Waals surface area contributed by atoms with Crippen LogP contribution in [0.2, 0.25) is 10.0 Å². The Bertz CT molecular complexity index is 1310. The molecule has 1 N–H and O–H groups in total. The minimum atomic E-state index is -4.92. The summed E-state index contributed by atoms with van der Waals surface area (Å²) in [5, 5.41) is 13.2. The first kappa shape index (κ1) is 23.6. The number of amides is 2. The fourth-order valence-electron chi connectivity index (χ4n) is 4.70. The SMILES string of the molecule is CN1C[C@@H]2N(C(=O)N(c3ccc(Cl)cc3)C2(O)c2cccc(OC(F)(F)F)c2)c2ccc(Cl)cc21. The Morgan fingerprint density at radius 1 is 1.00 bits per heavy atom. The third kappa shape index (κ3) is 3.93. The average molecular weight is 524 g/mol. The van der Waals surface area contributed by atoms with Crippen molar-refractivity contribution in [1.82, 2.24) is 0 Å². The Kier molecular flexibility index (Phi) is 5.54. The van der Waals surface area contributed by atoms with E-state index in [0.29, 0.717) is 27.1 Å². The number of likely N-dealkylation sites (N-methyl/N-ethyl adjacent to an activating group) is 1. The maximum Gasteiger partial charge on any atom is 0.573 e. The quantitative estimate of drug-likeness (QED) is 0.457. The van der Waals surface area contributed by atoms with Crippen molar-refractivity contribution in [2.24, 2.45) is 0 Å². The minimum absolute atomic E-state index is 0.0564. The molecule has 0 bridgehead atoms. The lowest BCUT2D eigenvalue weighted by Gasteiger charge is -2.42. The number of urea groups is 1. The van der Waals surface area contributed by atoms with Crippen molar-refractivity contribution in [2.45, 2.75) is 18.1 Å². The summed E-state index contributed by atoms with van der Waals surface area (Å²) < 4.78 is 42.8. The Hall–Kier alpha value is -3.14. The second kappa shape index (κ2) is 8.22. The van der Waals surface area contributed by atoms with E-state index in [2.05, 4.69) is 4.74 Å². The van der Waals surface area contributed by atoms with Crippen LogP contribution < -0.4 is 19.4 Å². The second-order valence-corrected chi connectivity index (χ2v) is 9.17. The normalized spacial score (nSPS) is 21.7. The van der Waals surface area contributed by atoms with E-state index in [1.165, 1.54) is 17.0 Å². The van der Waals surface area contributed by atoms with Gasteiger partial charge in [-0.15, -0.1) is 13.2 Å². The van der Waals surface area contributed by atoms with Gasteiger partial charge in [0.2, 0.25) is 0 Å². The molecule has 11 heteroatoms. The molecule has 0 aliphatic carbocycles. The number of ether oxygens (including phenoxy) is 1. The van der Waals surface area contributed by atoms with Gasteiger partial charge < -0.3 is 14.7 Å². The number of hydrogen-bond acceptors (Lipinski definition) is 4. The Morgan fingerprint density at radius 2 is 1.69 bits per heavy atom. The first-order chi connectivity index (χ1) is 16.5. The number of rotatable bonds is 3. The number of benzene rings is 3. The van der Waals surface area contributed by atoms with Gasteiger partial charge in [0.15, 0.2) is 5.72 Å². The van der Waals surface area contributed by atoms with Crippen LogP contribution in [0.1, 0.15) is 5.56 Å². The summed E-state index contributed by atoms with van der Waals surface area (Å²) >= 11 is 12.2. The summed E-state index contributed by atoms with van der Waals surface area (Å²) in [6.45, 7) is 0.171. The number of aliphatic hydroxyl groups is 1. The van der Waals surface area contributed by atoms with Crippen molar-refractivity contribution in [2.75, 3.05) is 28.3 Å². The number of anilines is 3. The van der Waals surface area contributed by atoms with E-state index >= 15 is 0 Å². The van der Waals surface area contributed by atoms with Gasteiger partial charge in [-0.05, 0) is 54.6 Å². The van der Waals surface area contributed by atoms with Crippen LogP contribution in [-0.2, 0) is 5.72 Å². The molecule has 2 amide bonds. The van der Waals surface area contributed by atoms with E-state index in [1.54, 1.807) is 49.5 Å². The van der Waals surface area contributed by atoms with E-state index in [9.17, 15) is 23.1 Å². The minimum Gasteiger partial charge on any atom is -0.406 e. The number of halogens is 5. The molecule has 5 rings (SSSR count). The molecule has 1 unspecified atom stereocenters. The van der Waals surface area contributed by atoms with Crippen molar-refractivity contribution in [1.29, 1.82) is 0 Å². The van der Waals surface area contributed by atoms with Gasteiger partial charge in [-0.2, -0.15) is 0 Å². The van der Waals surface area contributed by atoms with Gasteiger partial charge in [0.25, 0.3) is 0 Å². The van der Waals surface area contributed by atoms with Gasteiger partial charge in [0, 0.05) is 34.9 Å². The summed E-state index contributed by atoms with van der Waals surface area (Å²) in [5.74, 6) is -0.512. The topological polar surface area (TPSA) is 56.2 Å². The predicted octanol–water partition coefficient (Wildman–Crippen LogP) is 6.00. The van der Waals surface area contributed by atoms with E-state index in [4.69, 9.17) is 23.2 Å². The predicted molar refractivity (Wildman–Crippen MR) is 127 cm³/mol. The zero-order valence-corrected chi connectivity index (χ0v) is 19.6. The van der Waals surface area contributed by atoms with Crippen LogP contribution in [0.3, 0.4) is 0 Å². The summed E-state index contributed by atoms with van der Waals surface area (Å²) in [6, 6.07) is 14.8. The van der Waals surface area contributed by atoms with Crippen molar-refractivity contribution in [3.05, 3.63) is 82.3 Å². The number of alkyl halides is 3. The molecular formula is C24H18Cl2F3N3O3. The molecular weight excluding hydrogens is 506 g/mol. The molecule has 0 radical (unpaired) electrons. The summed E-state index contributed by atoms with van der Waals surface area (Å²) in [5.41, 5.74) is -0.494. The molecule has 2 aliphatic heterocycles. The maximum atomic E-state index is 13.9. The van der Waals surface area contributed by atoms with Crippen molar-refractivity contribution in [3.63, 3.8) is 0 Å². The standard InChI is InChI=1S/C24H18Cl2F3N3O3/c1-30-13-21-23(34,14-3-2-4-18(11-14)35-24(27,28)29)32(17-8-5-15(25)6-9-17)22(33)31(21)19-10-7-16(26)12-20(19)30/h2-12,21,34H,13H2,1H3/t21-,23?/m0/s1. The summed E-state index contributed by atoms with van der Waals surface area (Å²) in [7, 11) is 1.78. The van der Waals surface area contributed by atoms with Crippen LogP contribution in [0.25, 0.3) is 0 Å². The molecule has 2 heterocycles. The molecule has 1 fully saturated rings. The lowest BCUT2D eigenvalue weighted by Crippen LogP contribution is -2.55. The van der Waals surface area contributed by atoms with Crippen molar-refractivity contribution < 1.29 is 27.8 Å². The smallest absolute Gasteiger partial charge is 0.406 e. The third-order valence-corrected chi connectivity index (χ3v) is 6.63. The van der Waals surface area contributed by atoms with Gasteiger partial charge in [-0.3, -0.25) is 9.80 Å². The molecule has 35 heavy (non-hydrogen) atoms. The highest BCUT2D eigenvalue weighted by atomic mass is 35.5. The molecule has 0 saturated carbocycles. The molecule has 0 spiro atoms. The van der Waals surface area contributed by atoms with Crippen LogP contribution in [-0.4, -0.2) is 37.1 Å². The summed E-state index contributed by atoms with van der Waals surface area (Å²) in [6.07, 6.45) is -4.92. The van der Waals surface area contributed by atoms with Crippen LogP contribution in [0.4, 0.5) is 35.0 Å². The molecule has 1 saturated heterocycles. The Labute approximate surface area is 208 Å². The van der Waals surface area contributed by atoms with Crippen LogP contribution in [0, 0.1) is 0 Å². The fraction of sp³-hybridized carbons (Fsp3) is 0.208. The molecule has 0 aromatic heterocycles. The zero-order valence-electron chi connectivity index (χ0n) is 18.1. The largest absolute Gasteiger partial charge is 0.573 e. The second-order valence-electron chi connectivity index (χ2n) is 8.30. The van der Waals surface area contributed by atoms with Gasteiger partial charge in [-0.25, -0.2) is 4.79 Å². The highest BCUT2D eigenvalue weighted by Gasteiger charge is 2.60. The Balaban J connectivity index is 1.71. The first-order valence-electron chi connectivity index (χ1n) is 10.5. The maximum absolute atomic E-state index is 13.9. The molecule has 2 aliphatic rings. The molecule has 3 aromatic rings. The van der Waals surface area contributed by atoms with E-state index in [0.717, 1.165) is 17.0 Å². The number of hydrogen-bond donors (Lipinski definition) is 1. The zero-order chi connectivity index (χ0) is 25.1. The number of fused-ring (bicyclic) bond motifs is 3. The van der Waals surface area contributed by atoms with Crippen molar-refractivity contribution >= 4 is 46.3 Å². The lowest BCUT2D eigenvalue weighted by atomic mass is 9.91. The molecule has 182 valence electrons. The van der Waals surface area contributed by atoms with E-state index in [-0.39, 0.29) is 12.1 Å².